The number of carbonyl (C=O) groups excluding carboxylic acids is 1. The van der Waals surface area contributed by atoms with Crippen LogP contribution in [0.25, 0.3) is 5.65 Å². The lowest BCUT2D eigenvalue weighted by atomic mass is 10.1. The number of nitrogens with one attached hydrogen (secondary N) is 1. The van der Waals surface area contributed by atoms with E-state index < -0.39 is 5.69 Å². The number of nitrogens with zero attached hydrogens (tertiary/aromatic N) is 4. The Morgan fingerprint density at radius 1 is 1.64 bits per heavy atom. The summed E-state index contributed by atoms with van der Waals surface area (Å²) in [6, 6.07) is 1.95. The number of aromatic amines is 1. The van der Waals surface area contributed by atoms with E-state index in [2.05, 4.69) is 15.1 Å². The fourth-order valence-electron chi connectivity index (χ4n) is 2.16. The van der Waals surface area contributed by atoms with Crippen molar-refractivity contribution in [1.82, 2.24) is 19.6 Å². The van der Waals surface area contributed by atoms with Gasteiger partial charge in [0.1, 0.15) is 11.6 Å². The molecular formula is C13H13N5O3S. The van der Waals surface area contributed by atoms with E-state index in [0.717, 1.165) is 17.4 Å². The van der Waals surface area contributed by atoms with Crippen LogP contribution in [0.1, 0.15) is 24.8 Å². The minimum Gasteiger partial charge on any atom is -0.469 e. The summed E-state index contributed by atoms with van der Waals surface area (Å²) < 4.78 is 5.76. The third kappa shape index (κ3) is 2.69. The van der Waals surface area contributed by atoms with Gasteiger partial charge in [0, 0.05) is 5.75 Å². The van der Waals surface area contributed by atoms with Crippen LogP contribution in [0.15, 0.2) is 16.1 Å². The average Bonchev–Trinajstić information content (AvgIpc) is 3.14. The van der Waals surface area contributed by atoms with Crippen molar-refractivity contribution >= 4 is 23.4 Å². The van der Waals surface area contributed by atoms with Gasteiger partial charge in [-0.3, -0.25) is 9.78 Å². The Balaban J connectivity index is 1.79. The molecule has 0 aliphatic heterocycles. The van der Waals surface area contributed by atoms with Gasteiger partial charge in [-0.2, -0.15) is 14.9 Å². The molecule has 9 heteroatoms. The van der Waals surface area contributed by atoms with E-state index in [4.69, 9.17) is 10.00 Å². The van der Waals surface area contributed by atoms with Crippen LogP contribution in [0.5, 0.6) is 0 Å². The molecule has 22 heavy (non-hydrogen) atoms. The van der Waals surface area contributed by atoms with Crippen LogP contribution >= 0.6 is 11.8 Å². The molecule has 2 heterocycles. The molecule has 1 fully saturated rings. The zero-order valence-corrected chi connectivity index (χ0v) is 12.6. The Kier molecular flexibility index (Phi) is 3.62. The highest BCUT2D eigenvalue weighted by molar-refractivity contribution is 7.99. The highest BCUT2D eigenvalue weighted by atomic mass is 32.2. The van der Waals surface area contributed by atoms with Crippen LogP contribution in [-0.2, 0) is 9.53 Å². The molecule has 1 aliphatic carbocycles. The van der Waals surface area contributed by atoms with Gasteiger partial charge >= 0.3 is 11.7 Å². The summed E-state index contributed by atoms with van der Waals surface area (Å²) in [7, 11) is 1.38. The maximum absolute atomic E-state index is 11.9. The second-order valence-electron chi connectivity index (χ2n) is 5.29. The maximum atomic E-state index is 11.9. The third-order valence-corrected chi connectivity index (χ3v) is 4.92. The van der Waals surface area contributed by atoms with Crippen molar-refractivity contribution in [3.05, 3.63) is 22.2 Å². The van der Waals surface area contributed by atoms with Crippen molar-refractivity contribution in [2.75, 3.05) is 12.9 Å². The lowest BCUT2D eigenvalue weighted by Gasteiger charge is -2.12. The molecule has 1 aliphatic rings. The number of esters is 1. The summed E-state index contributed by atoms with van der Waals surface area (Å²) in [4.78, 5) is 30.2. The van der Waals surface area contributed by atoms with E-state index in [0.29, 0.717) is 17.3 Å². The molecule has 0 amide bonds. The predicted octanol–water partition coefficient (Wildman–Crippen LogP) is 0.725. The van der Waals surface area contributed by atoms with Crippen LogP contribution in [0.4, 0.5) is 0 Å². The molecule has 0 atom stereocenters. The Morgan fingerprint density at radius 3 is 3.05 bits per heavy atom. The second kappa shape index (κ2) is 5.46. The van der Waals surface area contributed by atoms with Crippen LogP contribution in [-0.4, -0.2) is 38.4 Å². The lowest BCUT2D eigenvalue weighted by molar-refractivity contribution is -0.141. The lowest BCUT2D eigenvalue weighted by Crippen LogP contribution is -2.20. The maximum Gasteiger partial charge on any atom is 0.350 e. The van der Waals surface area contributed by atoms with Gasteiger partial charge in [0.05, 0.1) is 19.7 Å². The molecule has 2 aromatic heterocycles. The quantitative estimate of drug-likeness (QED) is 0.638. The van der Waals surface area contributed by atoms with Crippen molar-refractivity contribution in [3.63, 3.8) is 0 Å². The normalized spacial score (nSPS) is 15.5. The molecule has 1 N–H and O–H groups in total. The number of hydrogen-bond acceptors (Lipinski definition) is 7. The topological polar surface area (TPSA) is 113 Å². The molecule has 2 aromatic rings. The molecule has 0 saturated heterocycles. The fourth-order valence-corrected chi connectivity index (χ4v) is 3.31. The highest BCUT2D eigenvalue weighted by Gasteiger charge is 2.44. The summed E-state index contributed by atoms with van der Waals surface area (Å²) in [5.74, 6) is 0.439. The van der Waals surface area contributed by atoms with E-state index in [9.17, 15) is 9.59 Å². The number of hydrogen-bond donors (Lipinski definition) is 1. The minimum absolute atomic E-state index is 0.0687. The number of rotatable bonds is 5. The number of thioether (sulfide) groups is 1. The third-order valence-electron chi connectivity index (χ3n) is 3.70. The van der Waals surface area contributed by atoms with Crippen LogP contribution in [0.3, 0.4) is 0 Å². The molecule has 0 unspecified atom stereocenters. The van der Waals surface area contributed by atoms with Crippen molar-refractivity contribution < 1.29 is 9.53 Å². The summed E-state index contributed by atoms with van der Waals surface area (Å²) in [6.45, 7) is 0. The van der Waals surface area contributed by atoms with E-state index in [-0.39, 0.29) is 22.6 Å². The zero-order valence-electron chi connectivity index (χ0n) is 11.8. The fraction of sp³-hybridized carbons (Fsp3) is 0.462. The molecule has 8 nitrogen and oxygen atoms in total. The Labute approximate surface area is 129 Å². The summed E-state index contributed by atoms with van der Waals surface area (Å²) >= 11 is 1.37. The number of methoxy groups -OCH3 is 1. The van der Waals surface area contributed by atoms with Gasteiger partial charge in [0.2, 0.25) is 0 Å². The summed E-state index contributed by atoms with van der Waals surface area (Å²) in [6.07, 6.45) is 3.60. The van der Waals surface area contributed by atoms with Crippen molar-refractivity contribution in [2.24, 2.45) is 5.41 Å². The first-order valence-corrected chi connectivity index (χ1v) is 7.63. The van der Waals surface area contributed by atoms with E-state index >= 15 is 0 Å². The van der Waals surface area contributed by atoms with Crippen LogP contribution < -0.4 is 5.69 Å². The number of fused-ring (bicyclic) bond motifs is 1. The Morgan fingerprint density at radius 2 is 2.41 bits per heavy atom. The molecule has 3 rings (SSSR count). The predicted molar refractivity (Wildman–Crippen MR) is 77.3 cm³/mol. The number of nitriles is 1. The van der Waals surface area contributed by atoms with Crippen molar-refractivity contribution in [1.29, 1.82) is 5.26 Å². The largest absolute Gasteiger partial charge is 0.469 e. The van der Waals surface area contributed by atoms with Gasteiger partial charge < -0.3 is 4.74 Å². The SMILES string of the molecule is COC(=O)CC1(CSc2nc3c(C#N)cnn3c(=O)[nH]2)CC1. The van der Waals surface area contributed by atoms with Crippen LogP contribution in [0.2, 0.25) is 0 Å². The molecule has 0 radical (unpaired) electrons. The first-order chi connectivity index (χ1) is 10.6. The highest BCUT2D eigenvalue weighted by Crippen LogP contribution is 2.51. The van der Waals surface area contributed by atoms with Crippen LogP contribution in [0, 0.1) is 16.7 Å². The van der Waals surface area contributed by atoms with Gasteiger partial charge in [-0.15, -0.1) is 0 Å². The van der Waals surface area contributed by atoms with Gasteiger partial charge in [-0.1, -0.05) is 11.8 Å². The Bertz CT molecular complexity index is 830. The van der Waals surface area contributed by atoms with Gasteiger partial charge in [0.25, 0.3) is 0 Å². The minimum atomic E-state index is -0.438. The van der Waals surface area contributed by atoms with E-state index in [1.165, 1.54) is 25.1 Å². The van der Waals surface area contributed by atoms with E-state index in [1.807, 2.05) is 6.07 Å². The first-order valence-electron chi connectivity index (χ1n) is 6.65. The molecular weight excluding hydrogens is 306 g/mol. The number of carbonyl (C=O) groups is 1. The molecule has 0 spiro atoms. The zero-order chi connectivity index (χ0) is 15.7. The smallest absolute Gasteiger partial charge is 0.350 e. The first kappa shape index (κ1) is 14.6. The van der Waals surface area contributed by atoms with Gasteiger partial charge in [-0.05, 0) is 18.3 Å². The average molecular weight is 319 g/mol. The molecule has 1 saturated carbocycles. The number of ether oxygens (including phenoxy) is 1. The van der Waals surface area contributed by atoms with Gasteiger partial charge in [0.15, 0.2) is 10.8 Å². The summed E-state index contributed by atoms with van der Waals surface area (Å²) in [5.41, 5.74) is -0.0113. The monoisotopic (exact) mass is 319 g/mol. The number of H-pyrrole nitrogens is 1. The van der Waals surface area contributed by atoms with Crippen molar-refractivity contribution in [3.8, 4) is 6.07 Å². The Hall–Kier alpha value is -2.34. The van der Waals surface area contributed by atoms with E-state index in [1.54, 1.807) is 0 Å². The standard InChI is InChI=1S/C13H13N5O3S/c1-21-9(19)4-13(2-3-13)7-22-11-16-10-8(5-14)6-15-18(10)12(20)17-11/h6H,2-4,7H2,1H3,(H,16,17,20). The summed E-state index contributed by atoms with van der Waals surface area (Å²) in [5, 5.41) is 13.2. The number of aromatic nitrogens is 4. The molecule has 0 bridgehead atoms. The molecule has 0 aromatic carbocycles. The second-order valence-corrected chi connectivity index (χ2v) is 6.26. The molecule has 114 valence electrons. The van der Waals surface area contributed by atoms with Gasteiger partial charge in [-0.25, -0.2) is 9.78 Å². The van der Waals surface area contributed by atoms with Crippen molar-refractivity contribution in [2.45, 2.75) is 24.4 Å².